The monoisotopic (exact) mass is 466 g/mol. The maximum atomic E-state index is 12.5. The molecule has 0 spiro atoms. The van der Waals surface area contributed by atoms with E-state index >= 15 is 0 Å². The van der Waals surface area contributed by atoms with E-state index in [1.54, 1.807) is 7.11 Å². The van der Waals surface area contributed by atoms with E-state index in [1.807, 2.05) is 31.2 Å². The molecule has 3 rings (SSSR count). The highest BCUT2D eigenvalue weighted by atomic mass is 35.5. The highest BCUT2D eigenvalue weighted by molar-refractivity contribution is 7.89. The molecule has 1 amide bonds. The maximum Gasteiger partial charge on any atom is 0.258 e. The first-order valence-corrected chi connectivity index (χ1v) is 12.0. The van der Waals surface area contributed by atoms with Crippen LogP contribution >= 0.6 is 11.6 Å². The third-order valence-electron chi connectivity index (χ3n) is 5.23. The van der Waals surface area contributed by atoms with E-state index < -0.39 is 10.0 Å². The Kier molecular flexibility index (Phi) is 7.80. The van der Waals surface area contributed by atoms with E-state index in [1.165, 1.54) is 18.2 Å². The topological polar surface area (TPSA) is 93.7 Å². The minimum Gasteiger partial charge on any atom is -0.496 e. The van der Waals surface area contributed by atoms with Crippen molar-refractivity contribution in [2.45, 2.75) is 49.6 Å². The van der Waals surface area contributed by atoms with Gasteiger partial charge in [-0.15, -0.1) is 0 Å². The van der Waals surface area contributed by atoms with Crippen LogP contribution in [0.2, 0.25) is 5.02 Å². The minimum absolute atomic E-state index is 0.0337. The van der Waals surface area contributed by atoms with Crippen LogP contribution in [-0.4, -0.2) is 34.1 Å². The van der Waals surface area contributed by atoms with Crippen LogP contribution in [-0.2, 0) is 14.8 Å². The van der Waals surface area contributed by atoms with Crippen molar-refractivity contribution in [2.75, 3.05) is 13.7 Å². The molecule has 1 fully saturated rings. The SMILES string of the molecule is COc1ccccc1C(C)NC(=O)COc1ccc(S(=O)(=O)NC2CCCC2)cc1Cl. The summed E-state index contributed by atoms with van der Waals surface area (Å²) < 4.78 is 38.6. The Bertz CT molecular complexity index is 1020. The molecule has 0 saturated heterocycles. The summed E-state index contributed by atoms with van der Waals surface area (Å²) >= 11 is 6.21. The standard InChI is InChI=1S/C22H27ClN2O5S/c1-15(18-9-5-6-10-20(18)29-2)24-22(26)14-30-21-12-11-17(13-19(21)23)31(27,28)25-16-7-3-4-8-16/h5-6,9-13,15-16,25H,3-4,7-8,14H2,1-2H3,(H,24,26). The second-order valence-electron chi connectivity index (χ2n) is 7.51. The van der Waals surface area contributed by atoms with Crippen LogP contribution in [0.1, 0.15) is 44.2 Å². The molecule has 7 nitrogen and oxygen atoms in total. The first-order valence-electron chi connectivity index (χ1n) is 10.2. The lowest BCUT2D eigenvalue weighted by Gasteiger charge is -2.17. The second kappa shape index (κ2) is 10.3. The zero-order valence-electron chi connectivity index (χ0n) is 17.6. The lowest BCUT2D eigenvalue weighted by Crippen LogP contribution is -2.32. The number of nitrogens with one attached hydrogen (secondary N) is 2. The van der Waals surface area contributed by atoms with Gasteiger partial charge in [-0.25, -0.2) is 13.1 Å². The van der Waals surface area contributed by atoms with Crippen LogP contribution in [0.4, 0.5) is 0 Å². The van der Waals surface area contributed by atoms with Crippen LogP contribution in [0.3, 0.4) is 0 Å². The van der Waals surface area contributed by atoms with Crippen LogP contribution in [0.25, 0.3) is 0 Å². The van der Waals surface area contributed by atoms with Gasteiger partial charge in [0.15, 0.2) is 6.61 Å². The first kappa shape index (κ1) is 23.4. The lowest BCUT2D eigenvalue weighted by atomic mass is 10.1. The Morgan fingerprint density at radius 1 is 1.16 bits per heavy atom. The molecular formula is C22H27ClN2O5S. The normalized spacial score (nSPS) is 15.5. The number of ether oxygens (including phenoxy) is 2. The van der Waals surface area contributed by atoms with E-state index in [-0.39, 0.29) is 40.3 Å². The van der Waals surface area contributed by atoms with Crippen LogP contribution in [0, 0.1) is 0 Å². The van der Waals surface area contributed by atoms with Crippen molar-refractivity contribution in [3.05, 3.63) is 53.1 Å². The molecule has 1 unspecified atom stereocenters. The maximum absolute atomic E-state index is 12.5. The molecule has 0 radical (unpaired) electrons. The molecule has 0 aromatic heterocycles. The van der Waals surface area contributed by atoms with Crippen molar-refractivity contribution >= 4 is 27.5 Å². The highest BCUT2D eigenvalue weighted by Gasteiger charge is 2.23. The van der Waals surface area contributed by atoms with Gasteiger partial charge in [-0.1, -0.05) is 42.6 Å². The zero-order chi connectivity index (χ0) is 22.4. The van der Waals surface area contributed by atoms with Crippen molar-refractivity contribution in [1.29, 1.82) is 0 Å². The number of methoxy groups -OCH3 is 1. The average Bonchev–Trinajstić information content (AvgIpc) is 3.25. The van der Waals surface area contributed by atoms with E-state index in [0.717, 1.165) is 31.2 Å². The number of benzene rings is 2. The number of amides is 1. The fraction of sp³-hybridized carbons (Fsp3) is 0.409. The van der Waals surface area contributed by atoms with Crippen LogP contribution in [0.15, 0.2) is 47.4 Å². The summed E-state index contributed by atoms with van der Waals surface area (Å²) in [7, 11) is -2.07. The van der Waals surface area contributed by atoms with Gasteiger partial charge in [-0.05, 0) is 44.0 Å². The van der Waals surface area contributed by atoms with Crippen molar-refractivity contribution in [1.82, 2.24) is 10.0 Å². The summed E-state index contributed by atoms with van der Waals surface area (Å²) in [6.45, 7) is 1.59. The summed E-state index contributed by atoms with van der Waals surface area (Å²) in [5.41, 5.74) is 0.848. The molecule has 168 valence electrons. The summed E-state index contributed by atoms with van der Waals surface area (Å²) in [5, 5.41) is 2.97. The first-order chi connectivity index (χ1) is 14.8. The second-order valence-corrected chi connectivity index (χ2v) is 9.64. The lowest BCUT2D eigenvalue weighted by molar-refractivity contribution is -0.123. The van der Waals surface area contributed by atoms with Gasteiger partial charge in [0, 0.05) is 11.6 Å². The molecule has 2 N–H and O–H groups in total. The molecule has 1 aliphatic rings. The Balaban J connectivity index is 1.58. The van der Waals surface area contributed by atoms with Gasteiger partial charge in [-0.3, -0.25) is 4.79 Å². The molecular weight excluding hydrogens is 440 g/mol. The Labute approximate surface area is 188 Å². The number of hydrogen-bond donors (Lipinski definition) is 2. The summed E-state index contributed by atoms with van der Waals surface area (Å²) in [4.78, 5) is 12.4. The average molecular weight is 467 g/mol. The van der Waals surface area contributed by atoms with Gasteiger partial charge in [-0.2, -0.15) is 0 Å². The van der Waals surface area contributed by atoms with Gasteiger partial charge in [0.05, 0.1) is 23.1 Å². The van der Waals surface area contributed by atoms with E-state index in [0.29, 0.717) is 5.75 Å². The van der Waals surface area contributed by atoms with Gasteiger partial charge < -0.3 is 14.8 Å². The van der Waals surface area contributed by atoms with Crippen LogP contribution in [0.5, 0.6) is 11.5 Å². The number of carbonyl (C=O) groups is 1. The van der Waals surface area contributed by atoms with Crippen molar-refractivity contribution in [2.24, 2.45) is 0 Å². The predicted molar refractivity (Wildman–Crippen MR) is 119 cm³/mol. The third kappa shape index (κ3) is 6.12. The predicted octanol–water partition coefficient (Wildman–Crippen LogP) is 3.83. The highest BCUT2D eigenvalue weighted by Crippen LogP contribution is 2.29. The van der Waals surface area contributed by atoms with Crippen molar-refractivity contribution in [3.63, 3.8) is 0 Å². The van der Waals surface area contributed by atoms with Gasteiger partial charge >= 0.3 is 0 Å². The molecule has 0 bridgehead atoms. The molecule has 31 heavy (non-hydrogen) atoms. The molecule has 0 aliphatic heterocycles. The number of hydrogen-bond acceptors (Lipinski definition) is 5. The fourth-order valence-corrected chi connectivity index (χ4v) is 5.26. The number of halogens is 1. The minimum atomic E-state index is -3.65. The summed E-state index contributed by atoms with van der Waals surface area (Å²) in [6, 6.07) is 11.3. The zero-order valence-corrected chi connectivity index (χ0v) is 19.1. The molecule has 9 heteroatoms. The Morgan fingerprint density at radius 3 is 2.55 bits per heavy atom. The quantitative estimate of drug-likeness (QED) is 0.585. The fourth-order valence-electron chi connectivity index (χ4n) is 3.63. The van der Waals surface area contributed by atoms with E-state index in [9.17, 15) is 13.2 Å². The van der Waals surface area contributed by atoms with E-state index in [2.05, 4.69) is 10.0 Å². The molecule has 0 heterocycles. The van der Waals surface area contributed by atoms with Crippen molar-refractivity contribution in [3.8, 4) is 11.5 Å². The number of sulfonamides is 1. The molecule has 1 aliphatic carbocycles. The summed E-state index contributed by atoms with van der Waals surface area (Å²) in [6.07, 6.45) is 3.74. The summed E-state index contributed by atoms with van der Waals surface area (Å²) in [5.74, 6) is 0.581. The van der Waals surface area contributed by atoms with Crippen LogP contribution < -0.4 is 19.5 Å². The number of rotatable bonds is 9. The molecule has 2 aromatic rings. The Morgan fingerprint density at radius 2 is 1.87 bits per heavy atom. The van der Waals surface area contributed by atoms with E-state index in [4.69, 9.17) is 21.1 Å². The van der Waals surface area contributed by atoms with Gasteiger partial charge in [0.2, 0.25) is 10.0 Å². The third-order valence-corrected chi connectivity index (χ3v) is 7.05. The molecule has 2 aromatic carbocycles. The van der Waals surface area contributed by atoms with Gasteiger partial charge in [0.25, 0.3) is 5.91 Å². The van der Waals surface area contributed by atoms with Gasteiger partial charge in [0.1, 0.15) is 11.5 Å². The smallest absolute Gasteiger partial charge is 0.258 e. The Hall–Kier alpha value is -2.29. The largest absolute Gasteiger partial charge is 0.496 e. The number of para-hydroxylation sites is 1. The molecule has 1 atom stereocenters. The van der Waals surface area contributed by atoms with Crippen molar-refractivity contribution < 1.29 is 22.7 Å². The molecule has 1 saturated carbocycles. The number of carbonyl (C=O) groups excluding carboxylic acids is 1.